The van der Waals surface area contributed by atoms with Crippen LogP contribution in [0.15, 0.2) is 23.1 Å². The number of nitrogens with one attached hydrogen (secondary N) is 1. The van der Waals surface area contributed by atoms with Gasteiger partial charge in [0.1, 0.15) is 0 Å². The van der Waals surface area contributed by atoms with Gasteiger partial charge in [-0.2, -0.15) is 4.31 Å². The summed E-state index contributed by atoms with van der Waals surface area (Å²) >= 11 is 0. The Bertz CT molecular complexity index is 1040. The zero-order valence-corrected chi connectivity index (χ0v) is 21.0. The van der Waals surface area contributed by atoms with E-state index in [4.69, 9.17) is 0 Å². The molecule has 0 bridgehead atoms. The average Bonchev–Trinajstić information content (AvgIpc) is 3.13. The van der Waals surface area contributed by atoms with E-state index in [1.807, 2.05) is 17.9 Å². The molecule has 186 valence electrons. The van der Waals surface area contributed by atoms with Crippen LogP contribution >= 0.6 is 0 Å². The Labute approximate surface area is 203 Å². The summed E-state index contributed by atoms with van der Waals surface area (Å²) in [5, 5.41) is 3.20. The van der Waals surface area contributed by atoms with Gasteiger partial charge in [-0.15, -0.1) is 0 Å². The number of carbonyl (C=O) groups excluding carboxylic acids is 2. The van der Waals surface area contributed by atoms with Gasteiger partial charge in [0.25, 0.3) is 0 Å². The maximum absolute atomic E-state index is 13.4. The molecule has 1 saturated heterocycles. The molecule has 2 saturated carbocycles. The molecule has 1 unspecified atom stereocenters. The van der Waals surface area contributed by atoms with Gasteiger partial charge in [-0.25, -0.2) is 8.42 Å². The Kier molecular flexibility index (Phi) is 6.73. The molecule has 1 atom stereocenters. The zero-order chi connectivity index (χ0) is 23.9. The molecule has 1 N–H and O–H groups in total. The summed E-state index contributed by atoms with van der Waals surface area (Å²) in [4.78, 5) is 27.8. The number of carbonyl (C=O) groups is 2. The Hall–Kier alpha value is -1.93. The van der Waals surface area contributed by atoms with E-state index in [-0.39, 0.29) is 35.7 Å². The van der Waals surface area contributed by atoms with Crippen molar-refractivity contribution in [2.24, 2.45) is 11.8 Å². The summed E-state index contributed by atoms with van der Waals surface area (Å²) in [7, 11) is -3.63. The molecule has 2 heterocycles. The molecule has 0 radical (unpaired) electrons. The van der Waals surface area contributed by atoms with E-state index in [2.05, 4.69) is 5.32 Å². The van der Waals surface area contributed by atoms with Crippen molar-refractivity contribution in [1.29, 1.82) is 0 Å². The van der Waals surface area contributed by atoms with Crippen molar-refractivity contribution in [3.8, 4) is 0 Å². The molecule has 5 rings (SSSR count). The Morgan fingerprint density at radius 3 is 2.26 bits per heavy atom. The molecule has 4 aliphatic rings. The molecule has 1 aromatic carbocycles. The zero-order valence-electron chi connectivity index (χ0n) is 20.2. The number of fused-ring (bicyclic) bond motifs is 1. The number of amides is 2. The van der Waals surface area contributed by atoms with Gasteiger partial charge in [0.15, 0.2) is 0 Å². The van der Waals surface area contributed by atoms with E-state index < -0.39 is 10.0 Å². The highest BCUT2D eigenvalue weighted by Crippen LogP contribution is 2.38. The summed E-state index contributed by atoms with van der Waals surface area (Å²) in [5.41, 5.74) is 1.80. The lowest BCUT2D eigenvalue weighted by Crippen LogP contribution is -2.45. The maximum atomic E-state index is 13.4. The van der Waals surface area contributed by atoms with Gasteiger partial charge in [-0.1, -0.05) is 25.7 Å². The number of hydrogen-bond donors (Lipinski definition) is 1. The van der Waals surface area contributed by atoms with E-state index in [1.54, 1.807) is 12.1 Å². The molecule has 3 fully saturated rings. The van der Waals surface area contributed by atoms with Crippen LogP contribution in [0.3, 0.4) is 0 Å². The van der Waals surface area contributed by atoms with Crippen molar-refractivity contribution in [3.05, 3.63) is 23.8 Å². The maximum Gasteiger partial charge on any atom is 0.243 e. The topological polar surface area (TPSA) is 86.8 Å². The fourth-order valence-corrected chi connectivity index (χ4v) is 7.55. The lowest BCUT2D eigenvalue weighted by atomic mass is 9.84. The molecule has 0 spiro atoms. The molecule has 1 aromatic rings. The van der Waals surface area contributed by atoms with Crippen LogP contribution in [0.2, 0.25) is 0 Å². The largest absolute Gasteiger partial charge is 0.353 e. The third kappa shape index (κ3) is 4.51. The van der Waals surface area contributed by atoms with Gasteiger partial charge in [-0.3, -0.25) is 9.59 Å². The van der Waals surface area contributed by atoms with Crippen LogP contribution in [0.25, 0.3) is 0 Å². The molecule has 8 heteroatoms. The van der Waals surface area contributed by atoms with Gasteiger partial charge in [-0.05, 0) is 75.6 Å². The van der Waals surface area contributed by atoms with E-state index in [9.17, 15) is 18.0 Å². The first-order valence-electron chi connectivity index (χ1n) is 13.1. The van der Waals surface area contributed by atoms with E-state index in [0.717, 1.165) is 43.4 Å². The van der Waals surface area contributed by atoms with Crippen molar-refractivity contribution in [1.82, 2.24) is 9.62 Å². The first kappa shape index (κ1) is 23.8. The second-order valence-corrected chi connectivity index (χ2v) is 12.6. The molecule has 2 aliphatic heterocycles. The van der Waals surface area contributed by atoms with Crippen LogP contribution in [-0.2, 0) is 26.0 Å². The lowest BCUT2D eigenvalue weighted by Gasteiger charge is -2.32. The van der Waals surface area contributed by atoms with Crippen LogP contribution in [0.4, 0.5) is 5.69 Å². The second kappa shape index (κ2) is 9.61. The minimum Gasteiger partial charge on any atom is -0.353 e. The molecular weight excluding hydrogens is 450 g/mol. The van der Waals surface area contributed by atoms with Crippen molar-refractivity contribution >= 4 is 27.5 Å². The van der Waals surface area contributed by atoms with Crippen molar-refractivity contribution in [2.75, 3.05) is 18.0 Å². The number of hydrogen-bond acceptors (Lipinski definition) is 4. The van der Waals surface area contributed by atoms with Gasteiger partial charge < -0.3 is 10.2 Å². The average molecular weight is 488 g/mol. The summed E-state index contributed by atoms with van der Waals surface area (Å²) < 4.78 is 28.3. The number of piperidine rings is 1. The lowest BCUT2D eigenvalue weighted by molar-refractivity contribution is -0.127. The predicted octanol–water partition coefficient (Wildman–Crippen LogP) is 3.61. The minimum absolute atomic E-state index is 0.0551. The van der Waals surface area contributed by atoms with Gasteiger partial charge >= 0.3 is 0 Å². The van der Waals surface area contributed by atoms with E-state index >= 15 is 0 Å². The summed E-state index contributed by atoms with van der Waals surface area (Å²) in [6, 6.07) is 5.56. The summed E-state index contributed by atoms with van der Waals surface area (Å²) in [5.74, 6) is 0.280. The highest BCUT2D eigenvalue weighted by molar-refractivity contribution is 7.89. The third-order valence-corrected chi connectivity index (χ3v) is 10.3. The highest BCUT2D eigenvalue weighted by Gasteiger charge is 2.38. The smallest absolute Gasteiger partial charge is 0.243 e. The summed E-state index contributed by atoms with van der Waals surface area (Å²) in [6.45, 7) is 2.77. The summed E-state index contributed by atoms with van der Waals surface area (Å²) in [6.07, 6.45) is 10.5. The van der Waals surface area contributed by atoms with Crippen molar-refractivity contribution in [3.63, 3.8) is 0 Å². The van der Waals surface area contributed by atoms with Gasteiger partial charge in [0, 0.05) is 42.7 Å². The number of anilines is 1. The minimum atomic E-state index is -3.63. The fraction of sp³-hybridized carbons (Fsp3) is 0.692. The predicted molar refractivity (Wildman–Crippen MR) is 131 cm³/mol. The first-order valence-corrected chi connectivity index (χ1v) is 14.5. The normalized spacial score (nSPS) is 25.1. The Morgan fingerprint density at radius 2 is 1.62 bits per heavy atom. The van der Waals surface area contributed by atoms with Crippen LogP contribution in [-0.4, -0.2) is 49.7 Å². The van der Waals surface area contributed by atoms with Crippen molar-refractivity contribution < 1.29 is 18.0 Å². The number of nitrogens with zero attached hydrogens (tertiary/aromatic N) is 2. The quantitative estimate of drug-likeness (QED) is 0.687. The van der Waals surface area contributed by atoms with E-state index in [1.165, 1.54) is 23.6 Å². The number of sulfonamides is 1. The third-order valence-electron chi connectivity index (χ3n) is 8.37. The van der Waals surface area contributed by atoms with Crippen LogP contribution < -0.4 is 10.2 Å². The molecular formula is C26H37N3O4S. The highest BCUT2D eigenvalue weighted by atomic mass is 32.2. The van der Waals surface area contributed by atoms with Crippen LogP contribution in [0.1, 0.15) is 76.7 Å². The van der Waals surface area contributed by atoms with Gasteiger partial charge in [0.05, 0.1) is 4.90 Å². The Balaban J connectivity index is 1.23. The van der Waals surface area contributed by atoms with E-state index in [0.29, 0.717) is 37.2 Å². The molecule has 7 nitrogen and oxygen atoms in total. The van der Waals surface area contributed by atoms with Crippen LogP contribution in [0, 0.1) is 11.8 Å². The second-order valence-electron chi connectivity index (χ2n) is 10.7. The molecule has 2 amide bonds. The van der Waals surface area contributed by atoms with Gasteiger partial charge in [0.2, 0.25) is 21.8 Å². The van der Waals surface area contributed by atoms with Crippen LogP contribution in [0.5, 0.6) is 0 Å². The number of benzene rings is 1. The molecule has 2 aliphatic carbocycles. The van der Waals surface area contributed by atoms with Crippen molar-refractivity contribution in [2.45, 2.75) is 94.5 Å². The fourth-order valence-electron chi connectivity index (χ4n) is 6.03. The molecule has 0 aromatic heterocycles. The number of rotatable bonds is 5. The first-order chi connectivity index (χ1) is 16.3. The molecule has 34 heavy (non-hydrogen) atoms. The standard InChI is InChI=1S/C26H37N3O4S/c1-18-16-21-17-23(10-11-24(21)29(18)26(31)20-6-5-7-20)34(32,33)28-14-12-19(13-15-28)25(30)27-22-8-3-2-4-9-22/h10-11,17-20,22H,2-9,12-16H2,1H3,(H,27,30). The SMILES string of the molecule is CC1Cc2cc(S(=O)(=O)N3CCC(C(=O)NC4CCCCC4)CC3)ccc2N1C(=O)C1CCC1. The Morgan fingerprint density at radius 1 is 0.912 bits per heavy atom. The monoisotopic (exact) mass is 487 g/mol.